The van der Waals surface area contributed by atoms with E-state index in [1.165, 1.54) is 0 Å². The average molecular weight is 156 g/mol. The summed E-state index contributed by atoms with van der Waals surface area (Å²) in [5.74, 6) is -0.639. The Labute approximate surface area is 63.2 Å². The molecule has 2 fully saturated rings. The Kier molecular flexibility index (Phi) is 1.07. The molecule has 0 atom stereocenters. The van der Waals surface area contributed by atoms with Crippen molar-refractivity contribution in [3.05, 3.63) is 0 Å². The first kappa shape index (κ1) is 6.66. The first-order chi connectivity index (χ1) is 5.10. The zero-order valence-electron chi connectivity index (χ0n) is 6.07. The molecule has 0 aliphatic carbocycles. The van der Waals surface area contributed by atoms with Crippen molar-refractivity contribution in [3.8, 4) is 0 Å². The first-order valence-corrected chi connectivity index (χ1v) is 3.46. The highest BCUT2D eigenvalue weighted by molar-refractivity contribution is 6.69. The molecule has 0 aromatic carbocycles. The van der Waals surface area contributed by atoms with Crippen LogP contribution in [0.1, 0.15) is 0 Å². The van der Waals surface area contributed by atoms with Gasteiger partial charge in [-0.3, -0.25) is 9.59 Å². The molecule has 2 aliphatic heterocycles. The van der Waals surface area contributed by atoms with Crippen molar-refractivity contribution < 1.29 is 18.9 Å². The predicted octanol–water partition coefficient (Wildman–Crippen LogP) is -1.03. The quantitative estimate of drug-likeness (QED) is 0.419. The zero-order chi connectivity index (χ0) is 8.06. The van der Waals surface area contributed by atoms with Gasteiger partial charge >= 0.3 is 6.69 Å². The third-order valence-corrected chi connectivity index (χ3v) is 2.03. The van der Waals surface area contributed by atoms with Crippen LogP contribution < -0.4 is 0 Å². The van der Waals surface area contributed by atoms with Gasteiger partial charge in [0.25, 0.3) is 11.9 Å². The van der Waals surface area contributed by atoms with Crippen molar-refractivity contribution in [2.75, 3.05) is 13.1 Å². The molecule has 60 valence electrons. The van der Waals surface area contributed by atoms with Crippen molar-refractivity contribution >= 4 is 18.6 Å². The molecule has 0 saturated carbocycles. The van der Waals surface area contributed by atoms with Gasteiger partial charge in [-0.05, 0) is 0 Å². The second-order valence-corrected chi connectivity index (χ2v) is 2.92. The lowest BCUT2D eigenvalue weighted by atomic mass is 9.75. The molecule has 2 rings (SSSR count). The van der Waals surface area contributed by atoms with E-state index in [1.54, 1.807) is 11.6 Å². The number of fused-ring (bicyclic) bond motifs is 1. The fraction of sp³-hybridized carbons (Fsp3) is 0.600. The second kappa shape index (κ2) is 1.76. The van der Waals surface area contributed by atoms with Gasteiger partial charge in [-0.2, -0.15) is 0 Å². The Morgan fingerprint density at radius 2 is 1.73 bits per heavy atom. The van der Waals surface area contributed by atoms with Crippen LogP contribution in [0.15, 0.2) is 0 Å². The highest BCUT2D eigenvalue weighted by Gasteiger charge is 2.47. The summed E-state index contributed by atoms with van der Waals surface area (Å²) in [4.78, 5) is 23.1. The van der Waals surface area contributed by atoms with Crippen LogP contribution in [-0.4, -0.2) is 36.5 Å². The van der Waals surface area contributed by atoms with Crippen LogP contribution in [-0.2, 0) is 18.9 Å². The molecule has 0 spiro atoms. The summed E-state index contributed by atoms with van der Waals surface area (Å²) in [7, 11) is 0. The van der Waals surface area contributed by atoms with Gasteiger partial charge in [-0.1, -0.05) is 6.82 Å². The lowest BCUT2D eigenvalue weighted by Gasteiger charge is -2.28. The maximum atomic E-state index is 10.7. The Morgan fingerprint density at radius 3 is 2.09 bits per heavy atom. The van der Waals surface area contributed by atoms with Gasteiger partial charge in [0.05, 0.1) is 13.1 Å². The van der Waals surface area contributed by atoms with Crippen molar-refractivity contribution in [1.29, 1.82) is 0 Å². The monoisotopic (exact) mass is 156 g/mol. The van der Waals surface area contributed by atoms with Crippen LogP contribution in [0.3, 0.4) is 0 Å². The van der Waals surface area contributed by atoms with Crippen LogP contribution in [0.4, 0.5) is 0 Å². The van der Waals surface area contributed by atoms with E-state index in [-0.39, 0.29) is 25.0 Å². The normalized spacial score (nSPS) is 28.1. The van der Waals surface area contributed by atoms with Crippen LogP contribution >= 0.6 is 0 Å². The fourth-order valence-corrected chi connectivity index (χ4v) is 1.45. The van der Waals surface area contributed by atoms with E-state index in [2.05, 4.69) is 0 Å². The maximum absolute atomic E-state index is 10.7. The van der Waals surface area contributed by atoms with E-state index in [0.717, 1.165) is 0 Å². The zero-order valence-corrected chi connectivity index (χ0v) is 6.07. The molecule has 2 aliphatic rings. The number of hydrogen-bond acceptors (Lipinski definition) is 5. The predicted molar refractivity (Wildman–Crippen MR) is 35.4 cm³/mol. The van der Waals surface area contributed by atoms with Crippen LogP contribution in [0.2, 0.25) is 6.82 Å². The topological polar surface area (TPSA) is 55.8 Å². The number of rotatable bonds is 0. The van der Waals surface area contributed by atoms with E-state index in [4.69, 9.17) is 9.31 Å². The van der Waals surface area contributed by atoms with Crippen molar-refractivity contribution in [3.63, 3.8) is 0 Å². The molecule has 2 heterocycles. The minimum absolute atomic E-state index is 0.169. The van der Waals surface area contributed by atoms with Crippen molar-refractivity contribution in [2.45, 2.75) is 6.82 Å². The molecule has 5 nitrogen and oxygen atoms in total. The van der Waals surface area contributed by atoms with Crippen LogP contribution in [0, 0.1) is 0 Å². The first-order valence-electron chi connectivity index (χ1n) is 3.46. The molecule has 0 amide bonds. The van der Waals surface area contributed by atoms with Gasteiger partial charge in [0, 0.05) is 0 Å². The standard InChI is InChI=1S/C5H7BNO4/c1-6-7(2-4(8)10-6)3-5(9)11-6/h2-3H2,1H3/q-1. The molecule has 0 unspecified atom stereocenters. The van der Waals surface area contributed by atoms with E-state index in [0.29, 0.717) is 0 Å². The Hall–Kier alpha value is -1.04. The molecular weight excluding hydrogens is 149 g/mol. The van der Waals surface area contributed by atoms with Gasteiger partial charge in [0.15, 0.2) is 0 Å². The van der Waals surface area contributed by atoms with Gasteiger partial charge in [0.2, 0.25) is 0 Å². The molecular formula is C5H7BNO4-. The second-order valence-electron chi connectivity index (χ2n) is 2.92. The molecule has 2 saturated heterocycles. The third kappa shape index (κ3) is 0.825. The van der Waals surface area contributed by atoms with Crippen LogP contribution in [0.5, 0.6) is 0 Å². The van der Waals surface area contributed by atoms with E-state index >= 15 is 0 Å². The Bertz CT molecular complexity index is 221. The molecule has 0 bridgehead atoms. The smallest absolute Gasteiger partial charge is 0.429 e. The fourth-order valence-electron chi connectivity index (χ4n) is 1.45. The summed E-state index contributed by atoms with van der Waals surface area (Å²) in [5.41, 5.74) is 0. The molecule has 0 radical (unpaired) electrons. The van der Waals surface area contributed by atoms with Gasteiger partial charge in [0.1, 0.15) is 0 Å². The molecule has 0 N–H and O–H groups in total. The van der Waals surface area contributed by atoms with Gasteiger partial charge in [-0.15, -0.1) is 0 Å². The SMILES string of the molecule is C[B-]12OC(=O)CN1CC(=O)O2. The highest BCUT2D eigenvalue weighted by Crippen LogP contribution is 2.25. The minimum atomic E-state index is -1.76. The Morgan fingerprint density at radius 1 is 1.27 bits per heavy atom. The summed E-state index contributed by atoms with van der Waals surface area (Å²) in [5, 5.41) is 0. The highest BCUT2D eigenvalue weighted by atomic mass is 16.7. The van der Waals surface area contributed by atoms with E-state index < -0.39 is 6.69 Å². The number of hydrogen-bond donors (Lipinski definition) is 0. The maximum Gasteiger partial charge on any atom is 0.429 e. The number of carbonyl (C=O) groups excluding carboxylic acids is 2. The summed E-state index contributed by atoms with van der Waals surface area (Å²) in [6.07, 6.45) is 0. The summed E-state index contributed by atoms with van der Waals surface area (Å²) >= 11 is 0. The minimum Gasteiger partial charge on any atom is -0.643 e. The third-order valence-electron chi connectivity index (χ3n) is 2.03. The van der Waals surface area contributed by atoms with E-state index in [1.807, 2.05) is 0 Å². The summed E-state index contributed by atoms with van der Waals surface area (Å²) in [6, 6.07) is 0. The van der Waals surface area contributed by atoms with Crippen LogP contribution in [0.25, 0.3) is 0 Å². The number of nitrogens with zero attached hydrogens (tertiary/aromatic N) is 1. The lowest BCUT2D eigenvalue weighted by Crippen LogP contribution is -2.43. The van der Waals surface area contributed by atoms with Gasteiger partial charge in [-0.25, -0.2) is 0 Å². The van der Waals surface area contributed by atoms with Gasteiger partial charge < -0.3 is 14.1 Å². The van der Waals surface area contributed by atoms with E-state index in [9.17, 15) is 9.59 Å². The molecule has 0 aromatic rings. The van der Waals surface area contributed by atoms with Crippen molar-refractivity contribution in [2.24, 2.45) is 0 Å². The molecule has 6 heteroatoms. The Balaban J connectivity index is 2.25. The number of carbonyl (C=O) groups is 2. The largest absolute Gasteiger partial charge is 0.643 e. The van der Waals surface area contributed by atoms with Crippen molar-refractivity contribution in [1.82, 2.24) is 4.81 Å². The summed E-state index contributed by atoms with van der Waals surface area (Å²) in [6.45, 7) is 0.199. The molecule has 0 aromatic heterocycles. The average Bonchev–Trinajstić information content (AvgIpc) is 2.16. The lowest BCUT2D eigenvalue weighted by molar-refractivity contribution is -0.137. The summed E-state index contributed by atoms with van der Waals surface area (Å²) < 4.78 is 9.70. The molecule has 11 heavy (non-hydrogen) atoms.